The molecule has 12 aromatic heterocycles. The van der Waals surface area contributed by atoms with Gasteiger partial charge in [0, 0.05) is 168 Å². The lowest BCUT2D eigenvalue weighted by Crippen LogP contribution is -2.46. The smallest absolute Gasteiger partial charge is 0.263 e. The maximum Gasteiger partial charge on any atom is 0.263 e. The molecule has 4 fully saturated rings. The number of halogens is 2. The highest BCUT2D eigenvalue weighted by Crippen LogP contribution is 2.40. The highest BCUT2D eigenvalue weighted by atomic mass is 32.1. The first-order chi connectivity index (χ1) is 61.5. The van der Waals surface area contributed by atoms with Crippen molar-refractivity contribution in [1.82, 2.24) is 61.1 Å². The number of hydrogen-bond acceptors (Lipinski definition) is 30. The molecule has 30 nitrogen and oxygen atoms in total. The summed E-state index contributed by atoms with van der Waals surface area (Å²) < 4.78 is 26.2. The van der Waals surface area contributed by atoms with Crippen LogP contribution in [0.5, 0.6) is 0 Å². The van der Waals surface area contributed by atoms with Crippen LogP contribution in [0, 0.1) is 39.5 Å². The predicted molar refractivity (Wildman–Crippen MR) is 506 cm³/mol. The Morgan fingerprint density at radius 3 is 0.883 bits per heavy atom. The van der Waals surface area contributed by atoms with Gasteiger partial charge in [0.2, 0.25) is 0 Å². The van der Waals surface area contributed by atoms with E-state index in [4.69, 9.17) is 65.8 Å². The van der Waals surface area contributed by atoms with Crippen LogP contribution in [0.2, 0.25) is 0 Å². The van der Waals surface area contributed by atoms with E-state index in [1.165, 1.54) is 45.3 Å². The number of alkyl halides is 2. The average Bonchev–Trinajstić information content (AvgIpc) is 1.73. The Kier molecular flexibility index (Phi) is 25.8. The number of fused-ring (bicyclic) bond motifs is 8. The summed E-state index contributed by atoms with van der Waals surface area (Å²) in [6, 6.07) is 31.5. The molecule has 0 saturated carbocycles. The van der Waals surface area contributed by atoms with E-state index in [0.717, 1.165) is 235 Å². The van der Waals surface area contributed by atoms with E-state index in [-0.39, 0.29) is 84.9 Å². The number of aliphatic hydroxyl groups is 2. The topological polar surface area (TPSA) is 481 Å². The zero-order valence-corrected chi connectivity index (χ0v) is 75.4. The molecule has 4 aliphatic carbocycles. The Morgan fingerprint density at radius 2 is 0.648 bits per heavy atom. The Balaban J connectivity index is 0.000000120. The second-order valence-corrected chi connectivity index (χ2v) is 39.7. The van der Waals surface area contributed by atoms with Crippen molar-refractivity contribution in [1.29, 1.82) is 0 Å². The fourth-order valence-electron chi connectivity index (χ4n) is 18.6. The van der Waals surface area contributed by atoms with Crippen LogP contribution >= 0.6 is 45.3 Å². The molecule has 36 heteroatoms. The number of nitrogen functional groups attached to an aromatic ring is 4. The minimum absolute atomic E-state index is 0.0181. The Labute approximate surface area is 755 Å². The van der Waals surface area contributed by atoms with Crippen LogP contribution in [0.3, 0.4) is 0 Å². The van der Waals surface area contributed by atoms with Gasteiger partial charge in [0.15, 0.2) is 0 Å². The molecule has 20 rings (SSSR count). The number of aliphatic hydroxyl groups excluding tert-OH is 2. The number of pyridine rings is 8. The van der Waals surface area contributed by atoms with Gasteiger partial charge in [0.05, 0.1) is 60.4 Å². The minimum atomic E-state index is -0.546. The van der Waals surface area contributed by atoms with E-state index >= 15 is 0 Å². The highest BCUT2D eigenvalue weighted by molar-refractivity contribution is 7.22. The summed E-state index contributed by atoms with van der Waals surface area (Å²) in [6.45, 7) is 12.1. The van der Waals surface area contributed by atoms with Gasteiger partial charge in [-0.3, -0.25) is 28.0 Å². The van der Waals surface area contributed by atoms with Crippen LogP contribution < -0.4 is 86.7 Å². The van der Waals surface area contributed by atoms with Gasteiger partial charge in [-0.1, -0.05) is 24.3 Å². The second-order valence-electron chi connectivity index (χ2n) is 35.7. The number of anilines is 8. The van der Waals surface area contributed by atoms with Crippen molar-refractivity contribution in [3.8, 4) is 0 Å². The van der Waals surface area contributed by atoms with E-state index in [9.17, 15) is 38.2 Å². The quantitative estimate of drug-likeness (QED) is 0.0429. The lowest BCUT2D eigenvalue weighted by atomic mass is 9.91. The third-order valence-corrected chi connectivity index (χ3v) is 30.6. The van der Waals surface area contributed by atoms with Crippen molar-refractivity contribution in [2.24, 2.45) is 34.8 Å². The molecule has 10 atom stereocenters. The van der Waals surface area contributed by atoms with Crippen LogP contribution in [0.15, 0.2) is 97.1 Å². The molecular weight excluding hydrogens is 1700 g/mol. The highest BCUT2D eigenvalue weighted by Gasteiger charge is 2.40. The van der Waals surface area contributed by atoms with E-state index in [2.05, 4.69) is 85.1 Å². The molecule has 12 aromatic rings. The number of carbonyl (C=O) groups excluding carboxylic acids is 4. The number of nitrogens with two attached hydrogens (primary N) is 8. The zero-order valence-electron chi connectivity index (χ0n) is 72.1. The van der Waals surface area contributed by atoms with Crippen molar-refractivity contribution in [2.75, 3.05) is 121 Å². The molecule has 22 N–H and O–H groups in total. The normalized spacial score (nSPS) is 22.8. The average molecular weight is 1810 g/mol. The molecule has 0 bridgehead atoms. The summed E-state index contributed by atoms with van der Waals surface area (Å²) in [5, 5.41) is 35.0. The summed E-state index contributed by atoms with van der Waals surface area (Å²) >= 11 is 5.36. The predicted octanol–water partition coefficient (Wildman–Crippen LogP) is 8.74. The lowest BCUT2D eigenvalue weighted by Gasteiger charge is -2.27. The van der Waals surface area contributed by atoms with Crippen LogP contribution in [-0.4, -0.2) is 200 Å². The SMILES string of the molecule is Cc1ccc2c(N)c(C(=O)N[C@H]3CCc4nc(N5CC[C@@](N)(CO)C5)ccc4C3)sc2n1.Cc1ccc2c(N)c(C(=O)N[C@H]3CCc4nc(N5CC[C@](N)(CO)C5)ccc4C3)sc2n1.Cc1ccc2c(N)c(C(=O)N[C@H]3CCc4nc(N5C[C@@H](CF)[C@H](N)C5)ccc4C3)sc2n1.Cc1ccc2c(N)c(C(=O)N[C@H]3CCc4nc(N5C[C@H](CF)[C@@H](N)C5)ccc4C3)sc2n1. The molecule has 128 heavy (non-hydrogen) atoms. The summed E-state index contributed by atoms with van der Waals surface area (Å²) in [5.74, 6) is 2.70. The van der Waals surface area contributed by atoms with Gasteiger partial charge in [-0.15, -0.1) is 45.3 Å². The molecule has 672 valence electrons. The van der Waals surface area contributed by atoms with E-state index in [1.54, 1.807) is 0 Å². The Morgan fingerprint density at radius 1 is 0.391 bits per heavy atom. The third kappa shape index (κ3) is 18.9. The van der Waals surface area contributed by atoms with Gasteiger partial charge in [-0.05, 0) is 213 Å². The summed E-state index contributed by atoms with van der Waals surface area (Å²) in [4.78, 5) is 103. The summed E-state index contributed by atoms with van der Waals surface area (Å²) in [7, 11) is 0. The number of aromatic nitrogens is 8. The largest absolute Gasteiger partial charge is 0.397 e. The Bertz CT molecular complexity index is 5540. The first-order valence-electron chi connectivity index (χ1n) is 43.8. The van der Waals surface area contributed by atoms with Gasteiger partial charge < -0.3 is 96.9 Å². The first-order valence-corrected chi connectivity index (χ1v) is 47.1. The number of rotatable bonds is 16. The van der Waals surface area contributed by atoms with Gasteiger partial charge in [0.25, 0.3) is 23.6 Å². The summed E-state index contributed by atoms with van der Waals surface area (Å²) in [5.41, 5.74) is 62.8. The number of aryl methyl sites for hydroxylation is 8. The van der Waals surface area contributed by atoms with Gasteiger partial charge in [-0.2, -0.15) is 0 Å². The van der Waals surface area contributed by atoms with Crippen molar-refractivity contribution in [3.05, 3.63) is 184 Å². The maximum absolute atomic E-state index is 13.1. The maximum atomic E-state index is 13.1. The van der Waals surface area contributed by atoms with Gasteiger partial charge in [-0.25, -0.2) is 39.9 Å². The zero-order chi connectivity index (χ0) is 89.7. The van der Waals surface area contributed by atoms with Gasteiger partial charge >= 0.3 is 0 Å². The lowest BCUT2D eigenvalue weighted by molar-refractivity contribution is 0.0930. The van der Waals surface area contributed by atoms with E-state index < -0.39 is 24.4 Å². The van der Waals surface area contributed by atoms with Crippen molar-refractivity contribution in [3.63, 3.8) is 0 Å². The van der Waals surface area contributed by atoms with Crippen molar-refractivity contribution >= 4 is 156 Å². The van der Waals surface area contributed by atoms with E-state index in [1.807, 2.05) is 100 Å². The van der Waals surface area contributed by atoms with Crippen LogP contribution in [-0.2, 0) is 51.4 Å². The molecule has 4 aliphatic heterocycles. The first kappa shape index (κ1) is 88.9. The second kappa shape index (κ2) is 37.2. The van der Waals surface area contributed by atoms with Crippen LogP contribution in [0.25, 0.3) is 40.9 Å². The Hall–Kier alpha value is -11.1. The molecule has 4 saturated heterocycles. The third-order valence-electron chi connectivity index (χ3n) is 26.2. The fourth-order valence-corrected chi connectivity index (χ4v) is 22.7. The number of nitrogens with zero attached hydrogens (tertiary/aromatic N) is 12. The van der Waals surface area contributed by atoms with E-state index in [0.29, 0.717) is 81.5 Å². The monoisotopic (exact) mass is 1810 g/mol. The standard InChI is InChI=1S/2C23H27FN6OS.2C23H28N6O2S/c2*1-12-2-5-16-20(26)21(32-23(16)27-12)22(31)28-15-4-6-18-13(8-15)3-7-19(29-18)30-10-14(9-24)17(25)11-30;2*1-13-2-5-16-19(24)20(32-22(16)26-13)21(31)27-15-4-6-17-14(10-15)3-7-18(28-17)29-9-8-23(25,11-29)12-30/h2*2-3,5,7,14-15,17H,4,6,8-11,25-26H2,1H3,(H,28,31);2*2-3,5,7,15,30H,4,6,8-12,24-25H2,1H3,(H,27,31)/t14-,15+,17-;14-,15-,17-;15-,23+;15-,23-/m1000/s1. The number of hydrogen-bond donors (Lipinski definition) is 14. The number of thiophene rings is 4. The summed E-state index contributed by atoms with van der Waals surface area (Å²) in [6.07, 6.45) is 10.9. The number of carbonyl (C=O) groups is 4. The molecule has 8 aliphatic rings. The van der Waals surface area contributed by atoms with Crippen molar-refractivity contribution in [2.45, 2.75) is 165 Å². The van der Waals surface area contributed by atoms with Gasteiger partial charge in [0.1, 0.15) is 62.1 Å². The number of amides is 4. The molecule has 0 aromatic carbocycles. The fraction of sp³-hybridized carbons (Fsp3) is 0.435. The number of nitrogens with one attached hydrogen (secondary N) is 4. The minimum Gasteiger partial charge on any atom is -0.397 e. The molecule has 4 amide bonds. The molecular formula is C92H110F2N24O6S4. The van der Waals surface area contributed by atoms with Crippen LogP contribution in [0.4, 0.5) is 54.8 Å². The van der Waals surface area contributed by atoms with Crippen molar-refractivity contribution < 1.29 is 38.2 Å². The van der Waals surface area contributed by atoms with Crippen LogP contribution in [0.1, 0.15) is 145 Å². The molecule has 0 spiro atoms. The molecule has 0 unspecified atom stereocenters. The molecule has 0 radical (unpaired) electrons. The molecule has 16 heterocycles.